The van der Waals surface area contributed by atoms with E-state index in [2.05, 4.69) is 41.7 Å². The van der Waals surface area contributed by atoms with E-state index < -0.39 is 0 Å². The Balaban J connectivity index is 1.65. The number of amides is 1. The Hall–Kier alpha value is -2.34. The maximum atomic E-state index is 11.9. The van der Waals surface area contributed by atoms with Crippen LogP contribution in [0.2, 0.25) is 0 Å². The third-order valence-electron chi connectivity index (χ3n) is 4.94. The van der Waals surface area contributed by atoms with E-state index in [9.17, 15) is 4.79 Å². The number of nitrogens with zero attached hydrogens (tertiary/aromatic N) is 2. The zero-order valence-electron chi connectivity index (χ0n) is 15.7. The van der Waals surface area contributed by atoms with Gasteiger partial charge in [0.1, 0.15) is 5.75 Å². The first kappa shape index (κ1) is 18.5. The van der Waals surface area contributed by atoms with Crippen LogP contribution < -0.4 is 15.4 Å². The summed E-state index contributed by atoms with van der Waals surface area (Å²) in [5.74, 6) is 0.984. The summed E-state index contributed by atoms with van der Waals surface area (Å²) in [4.78, 5) is 11.9. The van der Waals surface area contributed by atoms with E-state index in [0.29, 0.717) is 12.5 Å². The van der Waals surface area contributed by atoms with Crippen LogP contribution >= 0.6 is 0 Å². The lowest BCUT2D eigenvalue weighted by atomic mass is 9.92. The number of hydrogen-bond acceptors (Lipinski definition) is 4. The smallest absolute Gasteiger partial charge is 0.220 e. The van der Waals surface area contributed by atoms with E-state index >= 15 is 0 Å². The first-order valence-electron chi connectivity index (χ1n) is 9.29. The number of aryl methyl sites for hydroxylation is 1. The summed E-state index contributed by atoms with van der Waals surface area (Å²) >= 11 is 0. The number of methoxy groups -OCH3 is 1. The number of rotatable bonds is 7. The molecule has 6 heteroatoms. The molecule has 1 aliphatic heterocycles. The molecule has 1 fully saturated rings. The second kappa shape index (κ2) is 8.36. The van der Waals surface area contributed by atoms with Crippen LogP contribution in [0.4, 0.5) is 0 Å². The van der Waals surface area contributed by atoms with Gasteiger partial charge < -0.3 is 15.4 Å². The highest BCUT2D eigenvalue weighted by Gasteiger charge is 2.31. The van der Waals surface area contributed by atoms with Crippen molar-refractivity contribution >= 4 is 5.91 Å². The van der Waals surface area contributed by atoms with Crippen molar-refractivity contribution in [2.24, 2.45) is 0 Å². The first-order valence-corrected chi connectivity index (χ1v) is 9.29. The minimum Gasteiger partial charge on any atom is -0.497 e. The minimum absolute atomic E-state index is 0.0325. The fourth-order valence-electron chi connectivity index (χ4n) is 3.55. The Morgan fingerprint density at radius 1 is 1.38 bits per heavy atom. The van der Waals surface area contributed by atoms with Crippen LogP contribution in [0.1, 0.15) is 43.9 Å². The van der Waals surface area contributed by atoms with Gasteiger partial charge in [-0.1, -0.05) is 12.1 Å². The topological polar surface area (TPSA) is 68.2 Å². The summed E-state index contributed by atoms with van der Waals surface area (Å²) in [7, 11) is 1.68. The molecule has 1 aliphatic rings. The average molecular weight is 356 g/mol. The van der Waals surface area contributed by atoms with E-state index in [4.69, 9.17) is 4.74 Å². The van der Waals surface area contributed by atoms with E-state index in [1.807, 2.05) is 29.2 Å². The molecule has 1 aromatic heterocycles. The second-order valence-electron chi connectivity index (χ2n) is 6.94. The van der Waals surface area contributed by atoms with Crippen LogP contribution in [0.3, 0.4) is 0 Å². The predicted octanol–water partition coefficient (Wildman–Crippen LogP) is 2.45. The molecule has 1 saturated heterocycles. The van der Waals surface area contributed by atoms with E-state index in [1.165, 1.54) is 5.56 Å². The molecule has 0 saturated carbocycles. The normalized spacial score (nSPS) is 21.3. The second-order valence-corrected chi connectivity index (χ2v) is 6.94. The number of ether oxygens (including phenoxy) is 1. The Bertz CT molecular complexity index is 726. The molecule has 26 heavy (non-hydrogen) atoms. The number of carbonyl (C=O) groups excluding carboxylic acids is 1. The highest BCUT2D eigenvalue weighted by atomic mass is 16.5. The Morgan fingerprint density at radius 2 is 2.15 bits per heavy atom. The highest BCUT2D eigenvalue weighted by molar-refractivity contribution is 5.77. The Morgan fingerprint density at radius 3 is 2.81 bits per heavy atom. The standard InChI is InChI=1S/C20H28N4O2/c1-4-24-13-16(12-21-24)20-18(9-10-19(25)23-20)22-14(2)11-15-5-7-17(26-3)8-6-15/h5-8,12-14,18,20,22H,4,9-11H2,1-3H3,(H,23,25)/t14-,18+,20-/m0/s1. The molecule has 0 unspecified atom stereocenters. The van der Waals surface area contributed by atoms with Gasteiger partial charge >= 0.3 is 0 Å². The van der Waals surface area contributed by atoms with E-state index in [1.54, 1.807) is 7.11 Å². The van der Waals surface area contributed by atoms with E-state index in [0.717, 1.165) is 30.7 Å². The molecule has 0 spiro atoms. The fourth-order valence-corrected chi connectivity index (χ4v) is 3.55. The van der Waals surface area contributed by atoms with Crippen molar-refractivity contribution in [2.75, 3.05) is 7.11 Å². The van der Waals surface area contributed by atoms with Gasteiger partial charge in [-0.25, -0.2) is 0 Å². The molecule has 6 nitrogen and oxygen atoms in total. The van der Waals surface area contributed by atoms with Crippen molar-refractivity contribution in [3.8, 4) is 5.75 Å². The van der Waals surface area contributed by atoms with Crippen LogP contribution in [0.25, 0.3) is 0 Å². The Kier molecular flexibility index (Phi) is 5.93. The summed E-state index contributed by atoms with van der Waals surface area (Å²) in [6, 6.07) is 8.65. The number of aromatic nitrogens is 2. The maximum absolute atomic E-state index is 11.9. The minimum atomic E-state index is -0.0325. The lowest BCUT2D eigenvalue weighted by molar-refractivity contribution is -0.124. The van der Waals surface area contributed by atoms with Crippen LogP contribution in [-0.4, -0.2) is 34.9 Å². The molecule has 1 aromatic carbocycles. The zero-order valence-corrected chi connectivity index (χ0v) is 15.7. The van der Waals surface area contributed by atoms with Gasteiger partial charge in [-0.3, -0.25) is 9.48 Å². The van der Waals surface area contributed by atoms with Crippen LogP contribution in [0, 0.1) is 0 Å². The quantitative estimate of drug-likeness (QED) is 0.800. The van der Waals surface area contributed by atoms with Gasteiger partial charge in [0.15, 0.2) is 0 Å². The van der Waals surface area contributed by atoms with Crippen molar-refractivity contribution in [3.63, 3.8) is 0 Å². The molecule has 0 bridgehead atoms. The number of piperidine rings is 1. The van der Waals surface area contributed by atoms with Gasteiger partial charge in [0.2, 0.25) is 5.91 Å². The number of carbonyl (C=O) groups is 1. The van der Waals surface area contributed by atoms with Crippen LogP contribution in [0.5, 0.6) is 5.75 Å². The molecule has 2 aromatic rings. The maximum Gasteiger partial charge on any atom is 0.220 e. The monoisotopic (exact) mass is 356 g/mol. The molecule has 0 radical (unpaired) electrons. The van der Waals surface area contributed by atoms with Crippen molar-refractivity contribution < 1.29 is 9.53 Å². The molecule has 1 amide bonds. The van der Waals surface area contributed by atoms with Gasteiger partial charge in [-0.15, -0.1) is 0 Å². The summed E-state index contributed by atoms with van der Waals surface area (Å²) < 4.78 is 7.11. The predicted molar refractivity (Wildman–Crippen MR) is 101 cm³/mol. The van der Waals surface area contributed by atoms with Gasteiger partial charge in [0.05, 0.1) is 19.3 Å². The molecule has 2 N–H and O–H groups in total. The molecule has 140 valence electrons. The first-order chi connectivity index (χ1) is 12.6. The lowest BCUT2D eigenvalue weighted by Gasteiger charge is -2.34. The summed E-state index contributed by atoms with van der Waals surface area (Å²) in [5, 5.41) is 11.2. The molecular formula is C20H28N4O2. The highest BCUT2D eigenvalue weighted by Crippen LogP contribution is 2.25. The third kappa shape index (κ3) is 4.43. The van der Waals surface area contributed by atoms with E-state index in [-0.39, 0.29) is 18.0 Å². The van der Waals surface area contributed by atoms with Crippen molar-refractivity contribution in [1.29, 1.82) is 0 Å². The SMILES string of the molecule is CCn1cc([C@@H]2NC(=O)CC[C@H]2N[C@@H](C)Cc2ccc(OC)cc2)cn1. The third-order valence-corrected chi connectivity index (χ3v) is 4.94. The molecule has 0 aliphatic carbocycles. The van der Waals surface area contributed by atoms with Crippen molar-refractivity contribution in [3.05, 3.63) is 47.8 Å². The number of hydrogen-bond donors (Lipinski definition) is 2. The van der Waals surface area contributed by atoms with Crippen molar-refractivity contribution in [2.45, 2.75) is 57.8 Å². The molecule has 2 heterocycles. The average Bonchev–Trinajstić information content (AvgIpc) is 3.13. The molecular weight excluding hydrogens is 328 g/mol. The van der Waals surface area contributed by atoms with Gasteiger partial charge in [0, 0.05) is 36.8 Å². The zero-order chi connectivity index (χ0) is 18.5. The van der Waals surface area contributed by atoms with Gasteiger partial charge in [-0.2, -0.15) is 5.10 Å². The summed E-state index contributed by atoms with van der Waals surface area (Å²) in [5.41, 5.74) is 2.33. The number of benzene rings is 1. The largest absolute Gasteiger partial charge is 0.497 e. The van der Waals surface area contributed by atoms with Gasteiger partial charge in [0.25, 0.3) is 0 Å². The lowest BCUT2D eigenvalue weighted by Crippen LogP contribution is -2.51. The molecule has 3 rings (SSSR count). The van der Waals surface area contributed by atoms with Crippen LogP contribution in [0.15, 0.2) is 36.7 Å². The number of nitrogens with one attached hydrogen (secondary N) is 2. The molecule has 3 atom stereocenters. The van der Waals surface area contributed by atoms with Gasteiger partial charge in [-0.05, 0) is 44.4 Å². The summed E-state index contributed by atoms with van der Waals surface area (Å²) in [6.07, 6.45) is 6.21. The summed E-state index contributed by atoms with van der Waals surface area (Å²) in [6.45, 7) is 5.07. The fraction of sp³-hybridized carbons (Fsp3) is 0.500. The van der Waals surface area contributed by atoms with Crippen LogP contribution in [-0.2, 0) is 17.8 Å². The van der Waals surface area contributed by atoms with Crippen molar-refractivity contribution in [1.82, 2.24) is 20.4 Å². The Labute approximate surface area is 154 Å².